The van der Waals surface area contributed by atoms with Crippen molar-refractivity contribution in [1.82, 2.24) is 15.2 Å². The maximum Gasteiger partial charge on any atom is 0.253 e. The summed E-state index contributed by atoms with van der Waals surface area (Å²) >= 11 is 0. The Bertz CT molecular complexity index is 711. The third kappa shape index (κ3) is 4.91. The van der Waals surface area contributed by atoms with Crippen LogP contribution in [0, 0.1) is 0 Å². The summed E-state index contributed by atoms with van der Waals surface area (Å²) in [7, 11) is 0. The second-order valence-electron chi connectivity index (χ2n) is 6.70. The number of nitrogens with zero attached hydrogens (tertiary/aromatic N) is 2. The van der Waals surface area contributed by atoms with E-state index in [4.69, 9.17) is 0 Å². The van der Waals surface area contributed by atoms with Gasteiger partial charge >= 0.3 is 0 Å². The molecule has 1 fully saturated rings. The molecule has 0 aliphatic carbocycles. The average Bonchev–Trinajstić information content (AvgIpc) is 2.98. The van der Waals surface area contributed by atoms with Gasteiger partial charge in [-0.15, -0.1) is 0 Å². The smallest absolute Gasteiger partial charge is 0.253 e. The Morgan fingerprint density at radius 2 is 1.73 bits per heavy atom. The Balaban J connectivity index is 1.76. The van der Waals surface area contributed by atoms with Crippen molar-refractivity contribution in [3.8, 4) is 0 Å². The molecule has 1 unspecified atom stereocenters. The summed E-state index contributed by atoms with van der Waals surface area (Å²) in [6.45, 7) is 1.54. The van der Waals surface area contributed by atoms with E-state index >= 15 is 0 Å². The fourth-order valence-corrected chi connectivity index (χ4v) is 3.30. The highest BCUT2D eigenvalue weighted by molar-refractivity contribution is 5.97. The molecule has 1 aromatic carbocycles. The average molecular weight is 351 g/mol. The fraction of sp³-hybridized carbons (Fsp3) is 0.381. The van der Waals surface area contributed by atoms with E-state index in [1.54, 1.807) is 18.3 Å². The van der Waals surface area contributed by atoms with E-state index in [1.807, 2.05) is 35.2 Å². The molecule has 136 valence electrons. The van der Waals surface area contributed by atoms with Crippen LogP contribution in [0.1, 0.15) is 41.6 Å². The van der Waals surface area contributed by atoms with E-state index in [-0.39, 0.29) is 11.8 Å². The number of aromatic nitrogens is 1. The number of rotatable bonds is 5. The van der Waals surface area contributed by atoms with Gasteiger partial charge in [0.1, 0.15) is 6.04 Å². The van der Waals surface area contributed by atoms with Gasteiger partial charge in [-0.3, -0.25) is 14.6 Å². The molecule has 3 rings (SSSR count). The van der Waals surface area contributed by atoms with Gasteiger partial charge in [-0.1, -0.05) is 43.2 Å². The lowest BCUT2D eigenvalue weighted by Crippen LogP contribution is -2.50. The molecule has 0 bridgehead atoms. The van der Waals surface area contributed by atoms with Crippen LogP contribution in [0.5, 0.6) is 0 Å². The molecule has 1 aliphatic rings. The molecule has 26 heavy (non-hydrogen) atoms. The number of pyridine rings is 1. The molecule has 5 heteroatoms. The highest BCUT2D eigenvalue weighted by atomic mass is 16.2. The van der Waals surface area contributed by atoms with Gasteiger partial charge in [0.2, 0.25) is 5.91 Å². The number of benzene rings is 1. The monoisotopic (exact) mass is 351 g/mol. The number of nitrogens with one attached hydrogen (secondary N) is 1. The minimum atomic E-state index is -0.566. The van der Waals surface area contributed by atoms with Crippen LogP contribution in [0.15, 0.2) is 54.9 Å². The Kier molecular flexibility index (Phi) is 6.36. The van der Waals surface area contributed by atoms with Crippen LogP contribution >= 0.6 is 0 Å². The van der Waals surface area contributed by atoms with Crippen molar-refractivity contribution in [2.24, 2.45) is 0 Å². The van der Waals surface area contributed by atoms with Gasteiger partial charge in [0.05, 0.1) is 5.56 Å². The van der Waals surface area contributed by atoms with Crippen molar-refractivity contribution >= 4 is 11.8 Å². The largest absolute Gasteiger partial charge is 0.341 e. The third-order valence-corrected chi connectivity index (χ3v) is 4.73. The van der Waals surface area contributed by atoms with Crippen LogP contribution in [-0.2, 0) is 11.2 Å². The van der Waals surface area contributed by atoms with Crippen molar-refractivity contribution < 1.29 is 9.59 Å². The molecule has 1 N–H and O–H groups in total. The quantitative estimate of drug-likeness (QED) is 0.901. The molecular formula is C21H25N3O2. The zero-order valence-corrected chi connectivity index (χ0v) is 14.9. The number of likely N-dealkylation sites (tertiary alicyclic amines) is 1. The minimum Gasteiger partial charge on any atom is -0.341 e. The first kappa shape index (κ1) is 18.1. The number of amides is 2. The SMILES string of the molecule is O=C(NC(Cc1ccccc1)C(=O)N1CCCCCC1)c1cccnc1. The molecule has 0 spiro atoms. The maximum absolute atomic E-state index is 13.1. The van der Waals surface area contributed by atoms with Crippen molar-refractivity contribution in [2.45, 2.75) is 38.1 Å². The summed E-state index contributed by atoms with van der Waals surface area (Å²) in [6.07, 6.45) is 8.01. The first-order chi connectivity index (χ1) is 12.7. The van der Waals surface area contributed by atoms with Gasteiger partial charge in [0.25, 0.3) is 5.91 Å². The molecule has 1 aliphatic heterocycles. The fourth-order valence-electron chi connectivity index (χ4n) is 3.30. The van der Waals surface area contributed by atoms with Crippen molar-refractivity contribution in [3.05, 3.63) is 66.0 Å². The number of hydrogen-bond acceptors (Lipinski definition) is 3. The summed E-state index contributed by atoms with van der Waals surface area (Å²) in [5.41, 5.74) is 1.50. The van der Waals surface area contributed by atoms with Crippen molar-refractivity contribution in [3.63, 3.8) is 0 Å². The van der Waals surface area contributed by atoms with Crippen molar-refractivity contribution in [1.29, 1.82) is 0 Å². The van der Waals surface area contributed by atoms with Gasteiger partial charge in [-0.25, -0.2) is 0 Å². The lowest BCUT2D eigenvalue weighted by Gasteiger charge is -2.27. The van der Waals surface area contributed by atoms with Crippen molar-refractivity contribution in [2.75, 3.05) is 13.1 Å². The minimum absolute atomic E-state index is 0.00740. The van der Waals surface area contributed by atoms with Crippen LogP contribution in [-0.4, -0.2) is 40.8 Å². The standard InChI is InChI=1S/C21H25N3O2/c25-20(18-11-8-12-22-16-18)23-19(15-17-9-4-3-5-10-17)21(26)24-13-6-1-2-7-14-24/h3-5,8-12,16,19H,1-2,6-7,13-15H2,(H,23,25). The number of carbonyl (C=O) groups excluding carboxylic acids is 2. The Morgan fingerprint density at radius 3 is 2.38 bits per heavy atom. The molecule has 2 aromatic rings. The van der Waals surface area contributed by atoms with Gasteiger partial charge in [-0.2, -0.15) is 0 Å². The van der Waals surface area contributed by atoms with Gasteiger partial charge in [0, 0.05) is 31.9 Å². The van der Waals surface area contributed by atoms with Crippen LogP contribution < -0.4 is 5.32 Å². The Labute approximate surface area is 154 Å². The summed E-state index contributed by atoms with van der Waals surface area (Å²) in [5.74, 6) is -0.254. The normalized spacial score (nSPS) is 15.8. The number of carbonyl (C=O) groups is 2. The predicted octanol–water partition coefficient (Wildman–Crippen LogP) is 2.83. The first-order valence-corrected chi connectivity index (χ1v) is 9.27. The van der Waals surface area contributed by atoms with Crippen LogP contribution in [0.3, 0.4) is 0 Å². The lowest BCUT2D eigenvalue weighted by atomic mass is 10.0. The molecule has 2 heterocycles. The van der Waals surface area contributed by atoms with E-state index in [1.165, 1.54) is 6.20 Å². The third-order valence-electron chi connectivity index (χ3n) is 4.73. The molecule has 2 amide bonds. The topological polar surface area (TPSA) is 62.3 Å². The summed E-state index contributed by atoms with van der Waals surface area (Å²) < 4.78 is 0. The molecule has 0 saturated carbocycles. The maximum atomic E-state index is 13.1. The second-order valence-corrected chi connectivity index (χ2v) is 6.70. The van der Waals surface area contributed by atoms with Crippen LogP contribution in [0.2, 0.25) is 0 Å². The summed E-state index contributed by atoms with van der Waals surface area (Å²) in [4.78, 5) is 31.6. The van der Waals surface area contributed by atoms with Gasteiger partial charge in [0.15, 0.2) is 0 Å². The molecule has 1 atom stereocenters. The van der Waals surface area contributed by atoms with Crippen LogP contribution in [0.25, 0.3) is 0 Å². The molecule has 1 saturated heterocycles. The molecule has 1 aromatic heterocycles. The Morgan fingerprint density at radius 1 is 1.00 bits per heavy atom. The molecular weight excluding hydrogens is 326 g/mol. The van der Waals surface area contributed by atoms with Gasteiger partial charge in [-0.05, 0) is 30.5 Å². The van der Waals surface area contributed by atoms with Gasteiger partial charge < -0.3 is 10.2 Å². The lowest BCUT2D eigenvalue weighted by molar-refractivity contribution is -0.133. The summed E-state index contributed by atoms with van der Waals surface area (Å²) in [5, 5.41) is 2.93. The highest BCUT2D eigenvalue weighted by Gasteiger charge is 2.27. The van der Waals surface area contributed by atoms with E-state index in [2.05, 4.69) is 10.3 Å². The zero-order chi connectivity index (χ0) is 18.2. The second kappa shape index (κ2) is 9.13. The first-order valence-electron chi connectivity index (χ1n) is 9.27. The summed E-state index contributed by atoms with van der Waals surface area (Å²) in [6, 6.07) is 12.7. The highest BCUT2D eigenvalue weighted by Crippen LogP contribution is 2.13. The van der Waals surface area contributed by atoms with E-state index < -0.39 is 6.04 Å². The molecule has 0 radical (unpaired) electrons. The number of hydrogen-bond donors (Lipinski definition) is 1. The zero-order valence-electron chi connectivity index (χ0n) is 14.9. The van der Waals surface area contributed by atoms with Crippen LogP contribution in [0.4, 0.5) is 0 Å². The van der Waals surface area contributed by atoms with E-state index in [0.29, 0.717) is 12.0 Å². The van der Waals surface area contributed by atoms with E-state index in [0.717, 1.165) is 44.3 Å². The Hall–Kier alpha value is -2.69. The van der Waals surface area contributed by atoms with E-state index in [9.17, 15) is 9.59 Å². The predicted molar refractivity (Wildman–Crippen MR) is 101 cm³/mol. The molecule has 5 nitrogen and oxygen atoms in total.